The molecule has 0 radical (unpaired) electrons. The first-order valence-corrected chi connectivity index (χ1v) is 6.86. The molecular weight excluding hydrogens is 358 g/mol. The third-order valence-electron chi connectivity index (χ3n) is 1.63. The Morgan fingerprint density at radius 1 is 1.00 bits per heavy atom. The van der Waals surface area contributed by atoms with E-state index in [1.807, 2.05) is 0 Å². The molecule has 0 heterocycles. The summed E-state index contributed by atoms with van der Waals surface area (Å²) < 4.78 is 0. The molecular formula is C10H27N2O8PV. The van der Waals surface area contributed by atoms with Crippen LogP contribution >= 0.6 is 9.24 Å². The van der Waals surface area contributed by atoms with Crippen molar-refractivity contribution in [3.63, 3.8) is 0 Å². The average molecular weight is 385 g/mol. The second-order valence-electron chi connectivity index (χ2n) is 3.36. The molecule has 1 amide bonds. The van der Waals surface area contributed by atoms with Gasteiger partial charge in [0.2, 0.25) is 5.91 Å². The van der Waals surface area contributed by atoms with E-state index in [-0.39, 0.29) is 35.4 Å². The number of carboxylic acid groups (broad SMARTS) is 2. The Kier molecular flexibility index (Phi) is 42.7. The molecule has 8 N–H and O–H groups in total. The normalized spacial score (nSPS) is 7.27. The van der Waals surface area contributed by atoms with Crippen molar-refractivity contribution in [1.82, 2.24) is 9.80 Å². The van der Waals surface area contributed by atoms with E-state index in [0.29, 0.717) is 6.29 Å². The van der Waals surface area contributed by atoms with E-state index in [0.717, 1.165) is 4.90 Å². The van der Waals surface area contributed by atoms with E-state index in [9.17, 15) is 14.4 Å². The summed E-state index contributed by atoms with van der Waals surface area (Å²) in [4.78, 5) is 33.0. The topological polar surface area (TPSA) is 193 Å². The van der Waals surface area contributed by atoms with Gasteiger partial charge in [0.15, 0.2) is 0 Å². The summed E-state index contributed by atoms with van der Waals surface area (Å²) in [6, 6.07) is 0. The Morgan fingerprint density at radius 3 is 1.41 bits per heavy atom. The predicted molar refractivity (Wildman–Crippen MR) is 83.8 cm³/mol. The summed E-state index contributed by atoms with van der Waals surface area (Å²) in [5, 5.41) is 19.5. The maximum absolute atomic E-state index is 10.3. The summed E-state index contributed by atoms with van der Waals surface area (Å²) in [6.07, 6.45) is 0.701. The minimum atomic E-state index is -0.993. The van der Waals surface area contributed by atoms with Crippen LogP contribution in [-0.2, 0) is 31.4 Å². The standard InChI is InChI=1S/C5H9NO3.C4H10NO2P.CH2.3H2O.V/c1-4(7)6(2)3-5(8)9;1-5(3-8)2-4(6)7;;;;;/h3H2,1-2H3,(H,8,9);2-3,8H2,1H3,(H,6,7);4*1H2;. The molecule has 22 heavy (non-hydrogen) atoms. The molecule has 0 aliphatic heterocycles. The summed E-state index contributed by atoms with van der Waals surface area (Å²) in [6.45, 7) is 1.21. The van der Waals surface area contributed by atoms with E-state index >= 15 is 0 Å². The van der Waals surface area contributed by atoms with Gasteiger partial charge in [-0.05, 0) is 7.05 Å². The molecule has 0 bridgehead atoms. The van der Waals surface area contributed by atoms with Crippen LogP contribution in [0, 0.1) is 0 Å². The van der Waals surface area contributed by atoms with E-state index in [1.165, 1.54) is 14.0 Å². The third-order valence-corrected chi connectivity index (χ3v) is 2.25. The minimum absolute atomic E-state index is 0. The Balaban J connectivity index is -0.0000000466. The van der Waals surface area contributed by atoms with Crippen LogP contribution in [-0.4, -0.2) is 93.0 Å². The Hall–Kier alpha value is -0.866. The van der Waals surface area contributed by atoms with Gasteiger partial charge in [-0.2, -0.15) is 0 Å². The number of nitrogens with zero attached hydrogens (tertiary/aromatic N) is 2. The summed E-state index contributed by atoms with van der Waals surface area (Å²) in [5.41, 5.74) is 0. The fourth-order valence-corrected chi connectivity index (χ4v) is 0.739. The van der Waals surface area contributed by atoms with Gasteiger partial charge in [0.25, 0.3) is 0 Å². The molecule has 0 saturated heterocycles. The van der Waals surface area contributed by atoms with E-state index in [4.69, 9.17) is 10.2 Å². The molecule has 0 aromatic heterocycles. The van der Waals surface area contributed by atoms with Gasteiger partial charge in [-0.3, -0.25) is 19.3 Å². The molecule has 12 heteroatoms. The van der Waals surface area contributed by atoms with Crippen LogP contribution in [0.2, 0.25) is 0 Å². The maximum atomic E-state index is 10.3. The zero-order chi connectivity index (χ0) is 16.0. The van der Waals surface area contributed by atoms with Gasteiger partial charge >= 0.3 is 34.1 Å². The van der Waals surface area contributed by atoms with Gasteiger partial charge < -0.3 is 31.5 Å². The number of hydrogen-bond acceptors (Lipinski definition) is 4. The molecule has 0 aliphatic carbocycles. The molecule has 0 rings (SSSR count). The molecule has 0 saturated carbocycles. The summed E-state index contributed by atoms with van der Waals surface area (Å²) >= 11 is 2.06. The average Bonchev–Trinajstić information content (AvgIpc) is 2.30. The molecule has 0 aromatic rings. The zero-order valence-electron chi connectivity index (χ0n) is 12.9. The summed E-state index contributed by atoms with van der Waals surface area (Å²) in [7, 11) is 5.64. The van der Waals surface area contributed by atoms with Crippen molar-refractivity contribution in [2.45, 2.75) is 6.92 Å². The fraction of sp³-hybridized carbons (Fsp3) is 0.600. The Morgan fingerprint density at radius 2 is 1.32 bits per heavy atom. The van der Waals surface area contributed by atoms with Crippen LogP contribution in [0.3, 0.4) is 0 Å². The van der Waals surface area contributed by atoms with Gasteiger partial charge in [-0.1, -0.05) is 0 Å². The molecule has 135 valence electrons. The quantitative estimate of drug-likeness (QED) is 0.470. The van der Waals surface area contributed by atoms with Crippen LogP contribution in [0.5, 0.6) is 0 Å². The number of amides is 1. The Bertz CT molecular complexity index is 296. The number of carbonyl (C=O) groups is 3. The first-order valence-electron chi connectivity index (χ1n) is 5.06. The van der Waals surface area contributed by atoms with Gasteiger partial charge in [0.05, 0.1) is 6.54 Å². The second-order valence-corrected chi connectivity index (χ2v) is 3.72. The number of carbonyl (C=O) groups excluding carboxylic acids is 1. The molecule has 0 aliphatic rings. The zero-order valence-corrected chi connectivity index (χ0v) is 15.4. The Labute approximate surface area is 141 Å². The van der Waals surface area contributed by atoms with Crippen molar-refractivity contribution in [2.75, 3.05) is 33.5 Å². The van der Waals surface area contributed by atoms with Crippen LogP contribution in [0.25, 0.3) is 0 Å². The van der Waals surface area contributed by atoms with E-state index in [2.05, 4.69) is 31.5 Å². The van der Waals surface area contributed by atoms with E-state index in [1.54, 1.807) is 11.9 Å². The van der Waals surface area contributed by atoms with E-state index < -0.39 is 11.9 Å². The third kappa shape index (κ3) is 36.5. The van der Waals surface area contributed by atoms with Crippen molar-refractivity contribution in [1.29, 1.82) is 0 Å². The van der Waals surface area contributed by atoms with Crippen molar-refractivity contribution in [2.24, 2.45) is 0 Å². The van der Waals surface area contributed by atoms with Crippen molar-refractivity contribution in [3.05, 3.63) is 0 Å². The number of hydrogen-bond donors (Lipinski definition) is 2. The SMILES string of the molecule is CC(=O)N(C)CC(=O)O.CN(CP)CC(=O)O.O.O.O.[CH2]=[V]. The van der Waals surface area contributed by atoms with Gasteiger partial charge in [-0.15, -0.1) is 9.24 Å². The molecule has 0 aromatic carbocycles. The van der Waals surface area contributed by atoms with Crippen molar-refractivity contribution in [3.8, 4) is 0 Å². The first kappa shape index (κ1) is 37.4. The molecule has 1 atom stereocenters. The molecule has 0 spiro atoms. The molecule has 0 fully saturated rings. The van der Waals surface area contributed by atoms with Gasteiger partial charge in [0, 0.05) is 20.3 Å². The monoisotopic (exact) mass is 385 g/mol. The summed E-state index contributed by atoms with van der Waals surface area (Å²) in [5.74, 6) is -2.01. The van der Waals surface area contributed by atoms with Gasteiger partial charge in [0.1, 0.15) is 6.54 Å². The second kappa shape index (κ2) is 25.1. The number of carboxylic acids is 2. The molecule has 1 unspecified atom stereocenters. The van der Waals surface area contributed by atoms with Crippen LogP contribution in [0.4, 0.5) is 0 Å². The molecule has 10 nitrogen and oxygen atoms in total. The van der Waals surface area contributed by atoms with Crippen molar-refractivity contribution < 1.29 is 58.0 Å². The van der Waals surface area contributed by atoms with Crippen LogP contribution in [0.15, 0.2) is 0 Å². The van der Waals surface area contributed by atoms with Crippen molar-refractivity contribution >= 4 is 32.3 Å². The number of aliphatic carboxylic acids is 2. The first-order chi connectivity index (χ1) is 8.70. The fourth-order valence-electron chi connectivity index (χ4n) is 0.610. The van der Waals surface area contributed by atoms with Crippen LogP contribution in [0.1, 0.15) is 6.92 Å². The van der Waals surface area contributed by atoms with Gasteiger partial charge in [-0.25, -0.2) is 0 Å². The van der Waals surface area contributed by atoms with Crippen LogP contribution < -0.4 is 0 Å². The number of likely N-dealkylation sites (N-methyl/N-ethyl adjacent to an activating group) is 2. The predicted octanol–water partition coefficient (Wildman–Crippen LogP) is -3.12. The number of rotatable bonds is 5.